The van der Waals surface area contributed by atoms with Crippen LogP contribution in [0.1, 0.15) is 5.56 Å². The standard InChI is InChI=1S/C8H6IO2/c9-8-4-2-1-3-7(8)5-11-6-10/h1-4H,5H2. The third-order valence-corrected chi connectivity index (χ3v) is 2.30. The lowest BCUT2D eigenvalue weighted by molar-refractivity contribution is 0.266. The molecule has 1 rings (SSSR count). The average Bonchev–Trinajstić information content (AvgIpc) is 2.03. The van der Waals surface area contributed by atoms with Crippen molar-refractivity contribution in [1.29, 1.82) is 0 Å². The molecule has 1 radical (unpaired) electrons. The van der Waals surface area contributed by atoms with Crippen molar-refractivity contribution in [3.05, 3.63) is 33.4 Å². The van der Waals surface area contributed by atoms with Gasteiger partial charge in [0.2, 0.25) is 0 Å². The first-order chi connectivity index (χ1) is 5.34. The lowest BCUT2D eigenvalue weighted by atomic mass is 10.2. The van der Waals surface area contributed by atoms with Gasteiger partial charge in [-0.1, -0.05) is 18.2 Å². The van der Waals surface area contributed by atoms with Crippen LogP contribution in [0.15, 0.2) is 24.3 Å². The van der Waals surface area contributed by atoms with E-state index in [1.807, 2.05) is 24.3 Å². The molecule has 0 saturated carbocycles. The van der Waals surface area contributed by atoms with Crippen LogP contribution in [-0.2, 0) is 16.1 Å². The Morgan fingerprint density at radius 2 is 2.18 bits per heavy atom. The van der Waals surface area contributed by atoms with Gasteiger partial charge in [-0.15, -0.1) is 0 Å². The molecule has 0 fully saturated rings. The SMILES string of the molecule is O=[C]OCc1ccccc1I. The molecule has 0 unspecified atom stereocenters. The number of hydrogen-bond acceptors (Lipinski definition) is 2. The van der Waals surface area contributed by atoms with E-state index in [-0.39, 0.29) is 0 Å². The van der Waals surface area contributed by atoms with Crippen LogP contribution in [0.2, 0.25) is 0 Å². The second kappa shape index (κ2) is 4.33. The molecule has 3 heteroatoms. The minimum absolute atomic E-state index is 0.308. The highest BCUT2D eigenvalue weighted by atomic mass is 127. The van der Waals surface area contributed by atoms with E-state index < -0.39 is 0 Å². The van der Waals surface area contributed by atoms with E-state index in [1.54, 1.807) is 0 Å². The molecule has 0 amide bonds. The van der Waals surface area contributed by atoms with Crippen LogP contribution in [0.4, 0.5) is 0 Å². The number of halogens is 1. The molecule has 11 heavy (non-hydrogen) atoms. The van der Waals surface area contributed by atoms with Crippen molar-refractivity contribution in [2.24, 2.45) is 0 Å². The first-order valence-corrected chi connectivity index (χ1v) is 4.15. The van der Waals surface area contributed by atoms with E-state index in [0.717, 1.165) is 9.13 Å². The zero-order chi connectivity index (χ0) is 8.10. The highest BCUT2D eigenvalue weighted by Crippen LogP contribution is 2.11. The second-order valence-electron chi connectivity index (χ2n) is 1.96. The quantitative estimate of drug-likeness (QED) is 0.776. The molecule has 0 N–H and O–H groups in total. The smallest absolute Gasteiger partial charge is 0.417 e. The molecular weight excluding hydrogens is 255 g/mol. The summed E-state index contributed by atoms with van der Waals surface area (Å²) in [5, 5.41) is 0. The molecule has 2 nitrogen and oxygen atoms in total. The van der Waals surface area contributed by atoms with Gasteiger partial charge in [0.1, 0.15) is 6.61 Å². The van der Waals surface area contributed by atoms with Gasteiger partial charge < -0.3 is 4.74 Å². The fourth-order valence-electron chi connectivity index (χ4n) is 0.723. The fourth-order valence-corrected chi connectivity index (χ4v) is 1.27. The number of hydrogen-bond donors (Lipinski definition) is 0. The van der Waals surface area contributed by atoms with Crippen molar-refractivity contribution >= 4 is 29.1 Å². The molecule has 0 heterocycles. The Hall–Kier alpha value is -0.580. The third kappa shape index (κ3) is 2.49. The molecule has 0 bridgehead atoms. The molecule has 0 aliphatic carbocycles. The van der Waals surface area contributed by atoms with Gasteiger partial charge in [0.05, 0.1) is 0 Å². The summed E-state index contributed by atoms with van der Waals surface area (Å²) < 4.78 is 5.59. The molecule has 0 aliphatic rings. The highest BCUT2D eigenvalue weighted by molar-refractivity contribution is 14.1. The number of benzene rings is 1. The van der Waals surface area contributed by atoms with Gasteiger partial charge in [0.15, 0.2) is 0 Å². The van der Waals surface area contributed by atoms with Crippen LogP contribution >= 0.6 is 22.6 Å². The molecule has 1 aromatic rings. The maximum absolute atomic E-state index is 9.74. The molecule has 57 valence electrons. The van der Waals surface area contributed by atoms with Gasteiger partial charge in [0, 0.05) is 9.13 Å². The number of ether oxygens (including phenoxy) is 1. The number of carbonyl (C=O) groups excluding carboxylic acids is 1. The number of rotatable bonds is 3. The van der Waals surface area contributed by atoms with E-state index in [9.17, 15) is 4.79 Å². The highest BCUT2D eigenvalue weighted by Gasteiger charge is 1.96. The van der Waals surface area contributed by atoms with E-state index >= 15 is 0 Å². The summed E-state index contributed by atoms with van der Waals surface area (Å²) >= 11 is 2.19. The van der Waals surface area contributed by atoms with E-state index in [4.69, 9.17) is 0 Å². The zero-order valence-corrected chi connectivity index (χ0v) is 7.87. The maximum Gasteiger partial charge on any atom is 0.417 e. The molecule has 0 saturated heterocycles. The summed E-state index contributed by atoms with van der Waals surface area (Å²) in [4.78, 5) is 9.74. The Morgan fingerprint density at radius 1 is 1.45 bits per heavy atom. The Kier molecular flexibility index (Phi) is 3.35. The largest absolute Gasteiger partial charge is 0.452 e. The van der Waals surface area contributed by atoms with Crippen molar-refractivity contribution in [2.75, 3.05) is 0 Å². The van der Waals surface area contributed by atoms with Crippen molar-refractivity contribution in [3.8, 4) is 0 Å². The monoisotopic (exact) mass is 261 g/mol. The minimum atomic E-state index is 0.308. The molecule has 0 aromatic heterocycles. The summed E-state index contributed by atoms with van der Waals surface area (Å²) in [6.07, 6.45) is 0. The molecule has 0 atom stereocenters. The first kappa shape index (κ1) is 8.52. The Morgan fingerprint density at radius 3 is 2.82 bits per heavy atom. The summed E-state index contributed by atoms with van der Waals surface area (Å²) in [6, 6.07) is 7.73. The topological polar surface area (TPSA) is 26.3 Å². The molecule has 0 aliphatic heterocycles. The molecule has 0 spiro atoms. The van der Waals surface area contributed by atoms with Gasteiger partial charge in [-0.25, -0.2) is 4.79 Å². The van der Waals surface area contributed by atoms with Gasteiger partial charge in [0.25, 0.3) is 0 Å². The van der Waals surface area contributed by atoms with E-state index in [2.05, 4.69) is 27.3 Å². The lowest BCUT2D eigenvalue weighted by Gasteiger charge is -1.99. The van der Waals surface area contributed by atoms with E-state index in [1.165, 1.54) is 6.47 Å². The van der Waals surface area contributed by atoms with Crippen molar-refractivity contribution in [2.45, 2.75) is 6.61 Å². The van der Waals surface area contributed by atoms with E-state index in [0.29, 0.717) is 6.61 Å². The van der Waals surface area contributed by atoms with Crippen LogP contribution in [0.25, 0.3) is 0 Å². The first-order valence-electron chi connectivity index (χ1n) is 3.07. The summed E-state index contributed by atoms with van der Waals surface area (Å²) in [5.74, 6) is 0. The van der Waals surface area contributed by atoms with Crippen molar-refractivity contribution < 1.29 is 9.53 Å². The maximum atomic E-state index is 9.74. The van der Waals surface area contributed by atoms with Gasteiger partial charge >= 0.3 is 6.47 Å². The summed E-state index contributed by atoms with van der Waals surface area (Å²) in [5.41, 5.74) is 1.01. The van der Waals surface area contributed by atoms with Crippen LogP contribution in [0.3, 0.4) is 0 Å². The summed E-state index contributed by atoms with van der Waals surface area (Å²) in [6.45, 7) is 1.70. The van der Waals surface area contributed by atoms with Crippen LogP contribution in [-0.4, -0.2) is 6.47 Å². The van der Waals surface area contributed by atoms with Crippen LogP contribution in [0.5, 0.6) is 0 Å². The van der Waals surface area contributed by atoms with Gasteiger partial charge in [-0.3, -0.25) is 0 Å². The van der Waals surface area contributed by atoms with Gasteiger partial charge in [-0.05, 0) is 28.7 Å². The van der Waals surface area contributed by atoms with Crippen LogP contribution in [0, 0.1) is 3.57 Å². The zero-order valence-electron chi connectivity index (χ0n) is 5.71. The average molecular weight is 261 g/mol. The van der Waals surface area contributed by atoms with Crippen LogP contribution < -0.4 is 0 Å². The lowest BCUT2D eigenvalue weighted by Crippen LogP contribution is -1.92. The Bertz CT molecular complexity index is 248. The third-order valence-electron chi connectivity index (χ3n) is 1.24. The Balaban J connectivity index is 2.69. The Labute approximate surface area is 78.7 Å². The fraction of sp³-hybridized carbons (Fsp3) is 0.125. The van der Waals surface area contributed by atoms with Crippen molar-refractivity contribution in [3.63, 3.8) is 0 Å². The second-order valence-corrected chi connectivity index (χ2v) is 3.13. The minimum Gasteiger partial charge on any atom is -0.452 e. The summed E-state index contributed by atoms with van der Waals surface area (Å²) in [7, 11) is 0. The predicted octanol–water partition coefficient (Wildman–Crippen LogP) is 1.88. The van der Waals surface area contributed by atoms with Crippen molar-refractivity contribution in [1.82, 2.24) is 0 Å². The predicted molar refractivity (Wildman–Crippen MR) is 49.6 cm³/mol. The molecular formula is C8H6IO2. The molecule has 1 aromatic carbocycles. The normalized spacial score (nSPS) is 9.18. The van der Waals surface area contributed by atoms with Gasteiger partial charge in [-0.2, -0.15) is 0 Å².